The van der Waals surface area contributed by atoms with E-state index in [-0.39, 0.29) is 5.41 Å². The quantitative estimate of drug-likeness (QED) is 0.674. The Balaban J connectivity index is 2.40. The molecule has 14 heavy (non-hydrogen) atoms. The van der Waals surface area contributed by atoms with E-state index in [2.05, 4.69) is 51.2 Å². The van der Waals surface area contributed by atoms with Crippen LogP contribution in [0.4, 0.5) is 0 Å². The topological polar surface area (TPSA) is 21.9 Å². The molecule has 1 atom stereocenters. The molecule has 1 heteroatoms. The lowest BCUT2D eigenvalue weighted by molar-refractivity contribution is 0.589. The van der Waals surface area contributed by atoms with Gasteiger partial charge in [0.25, 0.3) is 0 Å². The highest BCUT2D eigenvalue weighted by Gasteiger charge is 2.25. The molecule has 1 aromatic carbocycles. The van der Waals surface area contributed by atoms with Crippen molar-refractivity contribution in [1.29, 1.82) is 0 Å². The van der Waals surface area contributed by atoms with Crippen molar-refractivity contribution in [3.05, 3.63) is 34.9 Å². The van der Waals surface area contributed by atoms with Crippen molar-refractivity contribution in [2.45, 2.75) is 39.2 Å². The summed E-state index contributed by atoms with van der Waals surface area (Å²) >= 11 is 0. The van der Waals surface area contributed by atoms with Gasteiger partial charge in [-0.05, 0) is 29.0 Å². The van der Waals surface area contributed by atoms with Crippen LogP contribution in [0.2, 0.25) is 0 Å². The van der Waals surface area contributed by atoms with Crippen molar-refractivity contribution in [3.63, 3.8) is 0 Å². The Morgan fingerprint density at radius 3 is 2.43 bits per heavy atom. The summed E-state index contributed by atoms with van der Waals surface area (Å²) in [6.45, 7) is 10.1. The van der Waals surface area contributed by atoms with E-state index in [1.165, 1.54) is 16.7 Å². The molecule has 76 valence electrons. The highest BCUT2D eigenvalue weighted by molar-refractivity contribution is 5.38. The average molecular weight is 189 g/mol. The summed E-state index contributed by atoms with van der Waals surface area (Å²) in [6, 6.07) is 7.48. The molecule has 0 radical (unpaired) electrons. The maximum Gasteiger partial charge on any atom is 0.0450 e. The molecule has 1 aliphatic rings. The van der Waals surface area contributed by atoms with E-state index in [9.17, 15) is 0 Å². The first-order valence-corrected chi connectivity index (χ1v) is 5.33. The lowest BCUT2D eigenvalue weighted by Gasteiger charge is -2.20. The smallest absolute Gasteiger partial charge is 0.0450 e. The molecule has 1 N–H and O–H groups in total. The molecule has 1 nitrogen and oxygen atoms in total. The second-order valence-electron chi connectivity index (χ2n) is 5.28. The fourth-order valence-electron chi connectivity index (χ4n) is 1.76. The van der Waals surface area contributed by atoms with Crippen molar-refractivity contribution < 1.29 is 0 Å². The minimum absolute atomic E-state index is 0.261. The Hall–Kier alpha value is -0.820. The third-order valence-electron chi connectivity index (χ3n) is 2.93. The van der Waals surface area contributed by atoms with Gasteiger partial charge in [-0.3, -0.25) is 0 Å². The van der Waals surface area contributed by atoms with E-state index in [1.807, 2.05) is 0 Å². The van der Waals surface area contributed by atoms with Crippen LogP contribution in [-0.4, -0.2) is 6.54 Å². The predicted octanol–water partition coefficient (Wildman–Crippen LogP) is 2.94. The standard InChI is InChI=1S/C13H19N/c1-9-5-6-10(13(2,3)4)7-11(9)12-8-14-12/h5-7,12,14H,8H2,1-4H3. The summed E-state index contributed by atoms with van der Waals surface area (Å²) in [5.74, 6) is 0. The first-order valence-electron chi connectivity index (χ1n) is 5.33. The molecular formula is C13H19N. The van der Waals surface area contributed by atoms with E-state index in [1.54, 1.807) is 0 Å². The Bertz CT molecular complexity index is 343. The largest absolute Gasteiger partial charge is 0.307 e. The number of benzene rings is 1. The second-order valence-corrected chi connectivity index (χ2v) is 5.28. The molecule has 0 saturated carbocycles. The zero-order valence-electron chi connectivity index (χ0n) is 9.52. The van der Waals surface area contributed by atoms with Gasteiger partial charge < -0.3 is 5.32 Å². The molecular weight excluding hydrogens is 170 g/mol. The van der Waals surface area contributed by atoms with E-state index in [0.717, 1.165) is 6.54 Å². The van der Waals surface area contributed by atoms with Crippen LogP contribution in [0.15, 0.2) is 18.2 Å². The molecule has 1 unspecified atom stereocenters. The highest BCUT2D eigenvalue weighted by Crippen LogP contribution is 2.30. The van der Waals surface area contributed by atoms with Gasteiger partial charge in [-0.15, -0.1) is 0 Å². The number of aryl methyl sites for hydroxylation is 1. The lowest BCUT2D eigenvalue weighted by atomic mass is 9.85. The van der Waals surface area contributed by atoms with Crippen LogP contribution in [0.1, 0.15) is 43.5 Å². The molecule has 1 fully saturated rings. The van der Waals surface area contributed by atoms with Crippen LogP contribution in [0.5, 0.6) is 0 Å². The Labute approximate surface area is 86.5 Å². The zero-order valence-corrected chi connectivity index (χ0v) is 9.52. The van der Waals surface area contributed by atoms with E-state index < -0.39 is 0 Å². The summed E-state index contributed by atoms with van der Waals surface area (Å²) in [4.78, 5) is 0. The van der Waals surface area contributed by atoms with E-state index >= 15 is 0 Å². The zero-order chi connectivity index (χ0) is 10.3. The Morgan fingerprint density at radius 1 is 1.29 bits per heavy atom. The predicted molar refractivity (Wildman–Crippen MR) is 60.6 cm³/mol. The fourth-order valence-corrected chi connectivity index (χ4v) is 1.76. The van der Waals surface area contributed by atoms with Crippen molar-refractivity contribution in [2.75, 3.05) is 6.54 Å². The van der Waals surface area contributed by atoms with E-state index in [0.29, 0.717) is 6.04 Å². The molecule has 0 aliphatic carbocycles. The van der Waals surface area contributed by atoms with Gasteiger partial charge in [-0.25, -0.2) is 0 Å². The molecule has 1 heterocycles. The normalized spacial score (nSPS) is 21.0. The van der Waals surface area contributed by atoms with Crippen molar-refractivity contribution in [3.8, 4) is 0 Å². The number of nitrogens with one attached hydrogen (secondary N) is 1. The first-order chi connectivity index (χ1) is 6.48. The molecule has 1 aromatic rings. The average Bonchev–Trinajstić information content (AvgIpc) is 2.85. The van der Waals surface area contributed by atoms with Crippen LogP contribution in [0.25, 0.3) is 0 Å². The van der Waals surface area contributed by atoms with Crippen molar-refractivity contribution in [2.24, 2.45) is 0 Å². The van der Waals surface area contributed by atoms with Crippen LogP contribution >= 0.6 is 0 Å². The molecule has 0 aromatic heterocycles. The third-order valence-corrected chi connectivity index (χ3v) is 2.93. The van der Waals surface area contributed by atoms with Gasteiger partial charge in [-0.1, -0.05) is 39.0 Å². The van der Waals surface area contributed by atoms with Gasteiger partial charge >= 0.3 is 0 Å². The van der Waals surface area contributed by atoms with Gasteiger partial charge in [0.05, 0.1) is 0 Å². The molecule has 0 spiro atoms. The summed E-state index contributed by atoms with van der Waals surface area (Å²) < 4.78 is 0. The van der Waals surface area contributed by atoms with Gasteiger partial charge in [-0.2, -0.15) is 0 Å². The van der Waals surface area contributed by atoms with Crippen LogP contribution in [0, 0.1) is 6.92 Å². The van der Waals surface area contributed by atoms with Gasteiger partial charge in [0.1, 0.15) is 0 Å². The van der Waals surface area contributed by atoms with Crippen molar-refractivity contribution >= 4 is 0 Å². The van der Waals surface area contributed by atoms with Crippen LogP contribution in [0.3, 0.4) is 0 Å². The summed E-state index contributed by atoms with van der Waals surface area (Å²) in [5, 5.41) is 3.37. The highest BCUT2D eigenvalue weighted by atomic mass is 15.1. The number of rotatable bonds is 1. The van der Waals surface area contributed by atoms with Gasteiger partial charge in [0.2, 0.25) is 0 Å². The van der Waals surface area contributed by atoms with Crippen molar-refractivity contribution in [1.82, 2.24) is 5.32 Å². The Morgan fingerprint density at radius 2 is 1.93 bits per heavy atom. The lowest BCUT2D eigenvalue weighted by Crippen LogP contribution is -2.11. The molecule has 1 aliphatic heterocycles. The maximum atomic E-state index is 3.37. The minimum Gasteiger partial charge on any atom is -0.307 e. The molecule has 0 amide bonds. The van der Waals surface area contributed by atoms with Crippen LogP contribution < -0.4 is 5.32 Å². The summed E-state index contributed by atoms with van der Waals surface area (Å²) in [5.41, 5.74) is 4.59. The maximum absolute atomic E-state index is 3.37. The van der Waals surface area contributed by atoms with Crippen LogP contribution in [-0.2, 0) is 5.41 Å². The monoisotopic (exact) mass is 189 g/mol. The summed E-state index contributed by atoms with van der Waals surface area (Å²) in [6.07, 6.45) is 0. The third kappa shape index (κ3) is 1.83. The SMILES string of the molecule is Cc1ccc(C(C)(C)C)cc1C1CN1. The minimum atomic E-state index is 0.261. The summed E-state index contributed by atoms with van der Waals surface area (Å²) in [7, 11) is 0. The van der Waals surface area contributed by atoms with Gasteiger partial charge in [0, 0.05) is 12.6 Å². The molecule has 0 bridgehead atoms. The van der Waals surface area contributed by atoms with Gasteiger partial charge in [0.15, 0.2) is 0 Å². The second kappa shape index (κ2) is 3.09. The molecule has 1 saturated heterocycles. The Kier molecular flexibility index (Phi) is 2.15. The van der Waals surface area contributed by atoms with E-state index in [4.69, 9.17) is 0 Å². The molecule has 2 rings (SSSR count). The number of hydrogen-bond acceptors (Lipinski definition) is 1. The number of hydrogen-bond donors (Lipinski definition) is 1. The first kappa shape index (κ1) is 9.72. The fraction of sp³-hybridized carbons (Fsp3) is 0.538.